The van der Waals surface area contributed by atoms with Gasteiger partial charge in [0.2, 0.25) is 0 Å². The van der Waals surface area contributed by atoms with Crippen molar-refractivity contribution in [3.63, 3.8) is 0 Å². The standard InChI is InChI=1S/C44H82N2O2/c1-4-6-8-10-12-14-16-18-20-22-24-26-28-30-32-34-40-47-43-44(42-46-38-36-45(3)37-39-46)48-41-35-33-31-29-27-25-23-21-19-17-15-13-11-9-7-5-2/h12-15,18-21,44H,4-11,16-17,22-43H2,1-3H3/b14-12-,15-13+,20-18-,21-19+. The molecule has 0 bridgehead atoms. The van der Waals surface area contributed by atoms with Crippen LogP contribution in [-0.4, -0.2) is 75.5 Å². The van der Waals surface area contributed by atoms with Crippen LogP contribution in [0.4, 0.5) is 0 Å². The maximum atomic E-state index is 6.42. The molecule has 1 rings (SSSR count). The maximum absolute atomic E-state index is 6.42. The van der Waals surface area contributed by atoms with Crippen LogP contribution in [-0.2, 0) is 9.47 Å². The Morgan fingerprint density at radius 1 is 0.479 bits per heavy atom. The Bertz CT molecular complexity index is 753. The Morgan fingerprint density at radius 2 is 0.896 bits per heavy atom. The van der Waals surface area contributed by atoms with E-state index in [9.17, 15) is 0 Å². The minimum absolute atomic E-state index is 0.205. The van der Waals surface area contributed by atoms with E-state index in [1.165, 1.54) is 141 Å². The first-order valence-corrected chi connectivity index (χ1v) is 21.0. The number of piperazine rings is 1. The number of rotatable bonds is 35. The van der Waals surface area contributed by atoms with Crippen molar-refractivity contribution in [3.05, 3.63) is 48.6 Å². The number of hydrogen-bond acceptors (Lipinski definition) is 4. The van der Waals surface area contributed by atoms with Crippen LogP contribution >= 0.6 is 0 Å². The van der Waals surface area contributed by atoms with Gasteiger partial charge in [-0.05, 0) is 84.1 Å². The van der Waals surface area contributed by atoms with Crippen LogP contribution in [0.25, 0.3) is 0 Å². The number of hydrogen-bond donors (Lipinski definition) is 0. The third-order valence-electron chi connectivity index (χ3n) is 9.55. The van der Waals surface area contributed by atoms with Crippen molar-refractivity contribution in [1.82, 2.24) is 9.80 Å². The lowest BCUT2D eigenvalue weighted by Gasteiger charge is -2.34. The van der Waals surface area contributed by atoms with Gasteiger partial charge >= 0.3 is 0 Å². The zero-order chi connectivity index (χ0) is 34.4. The average Bonchev–Trinajstić information content (AvgIpc) is 3.09. The van der Waals surface area contributed by atoms with E-state index in [1.54, 1.807) is 0 Å². The molecule has 4 nitrogen and oxygen atoms in total. The Hall–Kier alpha value is -1.20. The fourth-order valence-corrected chi connectivity index (χ4v) is 6.22. The quantitative estimate of drug-likeness (QED) is 0.0495. The lowest BCUT2D eigenvalue weighted by Crippen LogP contribution is -2.48. The van der Waals surface area contributed by atoms with E-state index in [0.717, 1.165) is 65.4 Å². The van der Waals surface area contributed by atoms with Crippen molar-refractivity contribution in [2.45, 2.75) is 174 Å². The summed E-state index contributed by atoms with van der Waals surface area (Å²) in [5, 5.41) is 0. The molecule has 0 saturated carbocycles. The van der Waals surface area contributed by atoms with Gasteiger partial charge in [-0.2, -0.15) is 0 Å². The highest BCUT2D eigenvalue weighted by atomic mass is 16.5. The fourth-order valence-electron chi connectivity index (χ4n) is 6.22. The summed E-state index contributed by atoms with van der Waals surface area (Å²) in [6, 6.07) is 0. The molecule has 0 spiro atoms. The Balaban J connectivity index is 2.05. The lowest BCUT2D eigenvalue weighted by atomic mass is 10.1. The second-order valence-electron chi connectivity index (χ2n) is 14.3. The molecule has 0 aromatic heterocycles. The molecule has 0 aromatic rings. The molecule has 1 heterocycles. The SMILES string of the molecule is CCCCC/C=C\C/C=C\CCCCCCCCOCC(CN1CCN(C)CC1)OCCCCCCCC/C=C/C/C=C/CCCCC. The van der Waals surface area contributed by atoms with Gasteiger partial charge in [-0.25, -0.2) is 0 Å². The van der Waals surface area contributed by atoms with Gasteiger partial charge < -0.3 is 14.4 Å². The first kappa shape index (κ1) is 44.8. The minimum atomic E-state index is 0.205. The molecule has 1 unspecified atom stereocenters. The van der Waals surface area contributed by atoms with Gasteiger partial charge in [0.1, 0.15) is 0 Å². The van der Waals surface area contributed by atoms with Crippen molar-refractivity contribution < 1.29 is 9.47 Å². The van der Waals surface area contributed by atoms with Gasteiger partial charge in [0.15, 0.2) is 0 Å². The molecule has 1 fully saturated rings. The van der Waals surface area contributed by atoms with Crippen LogP contribution in [0.1, 0.15) is 168 Å². The van der Waals surface area contributed by atoms with E-state index in [2.05, 4.69) is 79.3 Å². The molecule has 1 aliphatic heterocycles. The number of unbranched alkanes of at least 4 members (excludes halogenated alkanes) is 18. The van der Waals surface area contributed by atoms with Gasteiger partial charge in [0.25, 0.3) is 0 Å². The van der Waals surface area contributed by atoms with E-state index < -0.39 is 0 Å². The molecule has 1 atom stereocenters. The molecule has 0 amide bonds. The van der Waals surface area contributed by atoms with Crippen molar-refractivity contribution in [1.29, 1.82) is 0 Å². The summed E-state index contributed by atoms with van der Waals surface area (Å²) >= 11 is 0. The van der Waals surface area contributed by atoms with Crippen LogP contribution in [0.5, 0.6) is 0 Å². The number of nitrogens with zero attached hydrogens (tertiary/aromatic N) is 2. The molecule has 1 saturated heterocycles. The van der Waals surface area contributed by atoms with Crippen molar-refractivity contribution in [2.75, 3.05) is 59.6 Å². The summed E-state index contributed by atoms with van der Waals surface area (Å²) in [5.74, 6) is 0. The highest BCUT2D eigenvalue weighted by Crippen LogP contribution is 2.12. The van der Waals surface area contributed by atoms with Crippen LogP contribution in [0, 0.1) is 0 Å². The third-order valence-corrected chi connectivity index (χ3v) is 9.55. The van der Waals surface area contributed by atoms with Gasteiger partial charge in [0.05, 0.1) is 12.7 Å². The van der Waals surface area contributed by atoms with E-state index >= 15 is 0 Å². The smallest absolute Gasteiger partial charge is 0.0934 e. The maximum Gasteiger partial charge on any atom is 0.0934 e. The van der Waals surface area contributed by atoms with E-state index in [0.29, 0.717) is 0 Å². The number of allylic oxidation sites excluding steroid dienone is 8. The minimum Gasteiger partial charge on any atom is -0.379 e. The zero-order valence-electron chi connectivity index (χ0n) is 32.5. The highest BCUT2D eigenvalue weighted by Gasteiger charge is 2.19. The van der Waals surface area contributed by atoms with Crippen LogP contribution in [0.15, 0.2) is 48.6 Å². The Morgan fingerprint density at radius 3 is 1.38 bits per heavy atom. The van der Waals surface area contributed by atoms with Gasteiger partial charge in [-0.3, -0.25) is 4.90 Å². The summed E-state index contributed by atoms with van der Waals surface area (Å²) in [6.45, 7) is 12.7. The van der Waals surface area contributed by atoms with E-state index in [1.807, 2.05) is 0 Å². The lowest BCUT2D eigenvalue weighted by molar-refractivity contribution is -0.0388. The van der Waals surface area contributed by atoms with E-state index in [-0.39, 0.29) is 6.10 Å². The predicted molar refractivity (Wildman–Crippen MR) is 213 cm³/mol. The average molecular weight is 671 g/mol. The summed E-state index contributed by atoms with van der Waals surface area (Å²) in [7, 11) is 2.23. The highest BCUT2D eigenvalue weighted by molar-refractivity contribution is 4.93. The summed E-state index contributed by atoms with van der Waals surface area (Å²) in [4.78, 5) is 5.01. The monoisotopic (exact) mass is 671 g/mol. The fraction of sp³-hybridized carbons (Fsp3) is 0.818. The van der Waals surface area contributed by atoms with E-state index in [4.69, 9.17) is 9.47 Å². The van der Waals surface area contributed by atoms with Crippen LogP contribution in [0.3, 0.4) is 0 Å². The third kappa shape index (κ3) is 32.0. The Labute approximate surface area is 300 Å². The summed E-state index contributed by atoms with van der Waals surface area (Å²) in [6.07, 6.45) is 49.8. The molecular formula is C44H82N2O2. The first-order valence-electron chi connectivity index (χ1n) is 21.0. The second-order valence-corrected chi connectivity index (χ2v) is 14.3. The number of likely N-dealkylation sites (N-methyl/N-ethyl adjacent to an activating group) is 1. The predicted octanol–water partition coefficient (Wildman–Crippen LogP) is 12.3. The molecule has 48 heavy (non-hydrogen) atoms. The summed E-state index contributed by atoms with van der Waals surface area (Å²) < 4.78 is 12.6. The molecule has 0 aromatic carbocycles. The van der Waals surface area contributed by atoms with Crippen LogP contribution in [0.2, 0.25) is 0 Å². The van der Waals surface area contributed by atoms with Crippen molar-refractivity contribution in [2.24, 2.45) is 0 Å². The summed E-state index contributed by atoms with van der Waals surface area (Å²) in [5.41, 5.74) is 0. The zero-order valence-corrected chi connectivity index (χ0v) is 32.5. The topological polar surface area (TPSA) is 24.9 Å². The van der Waals surface area contributed by atoms with Gasteiger partial charge in [-0.15, -0.1) is 0 Å². The molecule has 0 N–H and O–H groups in total. The first-order chi connectivity index (χ1) is 23.8. The molecule has 1 aliphatic rings. The normalized spacial score (nSPS) is 15.7. The second kappa shape index (κ2) is 37.1. The molecule has 280 valence electrons. The molecule has 0 radical (unpaired) electrons. The molecular weight excluding hydrogens is 588 g/mol. The van der Waals surface area contributed by atoms with Crippen LogP contribution < -0.4 is 0 Å². The van der Waals surface area contributed by atoms with Gasteiger partial charge in [0, 0.05) is 45.9 Å². The largest absolute Gasteiger partial charge is 0.379 e. The Kier molecular flexibility index (Phi) is 34.6. The molecule has 0 aliphatic carbocycles. The van der Waals surface area contributed by atoms with Crippen molar-refractivity contribution in [3.8, 4) is 0 Å². The van der Waals surface area contributed by atoms with Gasteiger partial charge in [-0.1, -0.05) is 140 Å². The number of ether oxygens (including phenoxy) is 2. The van der Waals surface area contributed by atoms with Crippen molar-refractivity contribution >= 4 is 0 Å². The molecule has 4 heteroatoms.